The van der Waals surface area contributed by atoms with Crippen molar-refractivity contribution >= 4 is 5.97 Å². The van der Waals surface area contributed by atoms with Crippen LogP contribution in [-0.2, 0) is 4.79 Å². The highest BCUT2D eigenvalue weighted by atomic mass is 19.4. The van der Waals surface area contributed by atoms with Crippen molar-refractivity contribution < 1.29 is 23.1 Å². The van der Waals surface area contributed by atoms with Crippen molar-refractivity contribution in [1.82, 2.24) is 0 Å². The first kappa shape index (κ1) is 14.3. The molecule has 3 nitrogen and oxygen atoms in total. The maximum absolute atomic E-state index is 12.9. The molecular formula is C11H18F3NO2. The molecule has 3 unspecified atom stereocenters. The van der Waals surface area contributed by atoms with Crippen LogP contribution in [-0.4, -0.2) is 22.8 Å². The third kappa shape index (κ3) is 2.56. The standard InChI is InChI=1S/C11H18F3NO2/c1-2-7-4-3-5-8(6-7)10(15,9(16)17)11(12,13)14/h7-8H,2-6,15H2,1H3,(H,16,17). The van der Waals surface area contributed by atoms with Crippen LogP contribution in [0.15, 0.2) is 0 Å². The SMILES string of the molecule is CCC1CCCC(C(N)(C(=O)O)C(F)(F)F)C1. The second-order valence-corrected chi connectivity index (χ2v) is 4.81. The summed E-state index contributed by atoms with van der Waals surface area (Å²) in [7, 11) is 0. The quantitative estimate of drug-likeness (QED) is 0.812. The van der Waals surface area contributed by atoms with Gasteiger partial charge in [0.25, 0.3) is 0 Å². The number of carboxylic acid groups (broad SMARTS) is 1. The van der Waals surface area contributed by atoms with Crippen LogP contribution in [0.4, 0.5) is 13.2 Å². The summed E-state index contributed by atoms with van der Waals surface area (Å²) in [6.45, 7) is 1.90. The molecule has 1 rings (SSSR count). The van der Waals surface area contributed by atoms with Gasteiger partial charge in [-0.2, -0.15) is 13.2 Å². The number of nitrogens with two attached hydrogens (primary N) is 1. The molecule has 100 valence electrons. The van der Waals surface area contributed by atoms with Crippen LogP contribution in [0.1, 0.15) is 39.0 Å². The average Bonchev–Trinajstić information content (AvgIpc) is 2.26. The molecule has 1 saturated carbocycles. The van der Waals surface area contributed by atoms with Gasteiger partial charge in [-0.25, -0.2) is 4.79 Å². The number of hydrogen-bond acceptors (Lipinski definition) is 2. The van der Waals surface area contributed by atoms with Crippen LogP contribution in [0.3, 0.4) is 0 Å². The maximum Gasteiger partial charge on any atom is 0.417 e. The van der Waals surface area contributed by atoms with Crippen molar-refractivity contribution in [3.8, 4) is 0 Å². The third-order valence-electron chi connectivity index (χ3n) is 3.83. The molecule has 0 amide bonds. The van der Waals surface area contributed by atoms with E-state index in [0.717, 1.165) is 12.8 Å². The Morgan fingerprint density at radius 2 is 2.00 bits per heavy atom. The number of alkyl halides is 3. The van der Waals surface area contributed by atoms with Crippen molar-refractivity contribution in [2.24, 2.45) is 17.6 Å². The van der Waals surface area contributed by atoms with Crippen molar-refractivity contribution in [3.05, 3.63) is 0 Å². The highest BCUT2D eigenvalue weighted by Gasteiger charge is 2.62. The molecule has 1 fully saturated rings. The molecule has 1 aliphatic carbocycles. The molecule has 0 aromatic carbocycles. The Morgan fingerprint density at radius 3 is 2.41 bits per heavy atom. The zero-order valence-electron chi connectivity index (χ0n) is 9.76. The van der Waals surface area contributed by atoms with Gasteiger partial charge in [0, 0.05) is 0 Å². The van der Waals surface area contributed by atoms with Crippen LogP contribution in [0.5, 0.6) is 0 Å². The lowest BCUT2D eigenvalue weighted by Crippen LogP contribution is -2.65. The minimum absolute atomic E-state index is 0.151. The first-order valence-electron chi connectivity index (χ1n) is 5.82. The lowest BCUT2D eigenvalue weighted by molar-refractivity contribution is -0.216. The summed E-state index contributed by atoms with van der Waals surface area (Å²) in [6.07, 6.45) is -2.17. The van der Waals surface area contributed by atoms with Gasteiger partial charge in [0.15, 0.2) is 0 Å². The smallest absolute Gasteiger partial charge is 0.417 e. The molecule has 1 aliphatic rings. The summed E-state index contributed by atoms with van der Waals surface area (Å²) in [4.78, 5) is 10.9. The van der Waals surface area contributed by atoms with E-state index in [-0.39, 0.29) is 18.8 Å². The number of carbonyl (C=O) groups is 1. The number of halogens is 3. The van der Waals surface area contributed by atoms with Crippen LogP contribution in [0.25, 0.3) is 0 Å². The second-order valence-electron chi connectivity index (χ2n) is 4.81. The predicted octanol–water partition coefficient (Wildman–Crippen LogP) is 2.55. The van der Waals surface area contributed by atoms with Crippen molar-refractivity contribution in [2.45, 2.75) is 50.7 Å². The number of rotatable bonds is 3. The molecule has 0 aromatic heterocycles. The van der Waals surface area contributed by atoms with Crippen molar-refractivity contribution in [1.29, 1.82) is 0 Å². The van der Waals surface area contributed by atoms with Crippen molar-refractivity contribution in [2.75, 3.05) is 0 Å². The number of hydrogen-bond donors (Lipinski definition) is 2. The Morgan fingerprint density at radius 1 is 1.41 bits per heavy atom. The normalized spacial score (nSPS) is 29.7. The monoisotopic (exact) mass is 253 g/mol. The Kier molecular flexibility index (Phi) is 4.06. The van der Waals surface area contributed by atoms with Gasteiger partial charge in [-0.3, -0.25) is 0 Å². The molecule has 0 aliphatic heterocycles. The molecule has 6 heteroatoms. The van der Waals surface area contributed by atoms with Gasteiger partial charge in [0.1, 0.15) is 0 Å². The van der Waals surface area contributed by atoms with Gasteiger partial charge < -0.3 is 10.8 Å². The first-order chi connectivity index (χ1) is 7.73. The topological polar surface area (TPSA) is 63.3 Å². The van der Waals surface area contributed by atoms with E-state index >= 15 is 0 Å². The molecule has 0 radical (unpaired) electrons. The minimum atomic E-state index is -4.90. The summed E-state index contributed by atoms with van der Waals surface area (Å²) < 4.78 is 38.6. The highest BCUT2D eigenvalue weighted by Crippen LogP contribution is 2.43. The lowest BCUT2D eigenvalue weighted by Gasteiger charge is -2.39. The van der Waals surface area contributed by atoms with E-state index in [4.69, 9.17) is 10.8 Å². The van der Waals surface area contributed by atoms with Gasteiger partial charge in [0.05, 0.1) is 0 Å². The number of aliphatic carboxylic acids is 1. The summed E-state index contributed by atoms with van der Waals surface area (Å²) in [5, 5.41) is 8.83. The first-order valence-corrected chi connectivity index (χ1v) is 5.82. The fourth-order valence-corrected chi connectivity index (χ4v) is 2.60. The Labute approximate surface area is 98.2 Å². The highest BCUT2D eigenvalue weighted by molar-refractivity contribution is 5.80. The van der Waals surface area contributed by atoms with Gasteiger partial charge >= 0.3 is 12.1 Å². The average molecular weight is 253 g/mol. The van der Waals surface area contributed by atoms with Gasteiger partial charge in [-0.05, 0) is 24.7 Å². The maximum atomic E-state index is 12.9. The van der Waals surface area contributed by atoms with Crippen LogP contribution >= 0.6 is 0 Å². The Hall–Kier alpha value is -0.780. The molecule has 0 spiro atoms. The Balaban J connectivity index is 2.96. The number of carboxylic acids is 1. The van der Waals surface area contributed by atoms with E-state index in [9.17, 15) is 18.0 Å². The van der Waals surface area contributed by atoms with E-state index in [1.165, 1.54) is 0 Å². The molecule has 0 aromatic rings. The van der Waals surface area contributed by atoms with E-state index < -0.39 is 23.6 Å². The molecule has 0 heterocycles. The van der Waals surface area contributed by atoms with Crippen LogP contribution in [0.2, 0.25) is 0 Å². The van der Waals surface area contributed by atoms with Crippen molar-refractivity contribution in [3.63, 3.8) is 0 Å². The summed E-state index contributed by atoms with van der Waals surface area (Å²) in [5.41, 5.74) is 2.09. The zero-order valence-corrected chi connectivity index (χ0v) is 9.76. The van der Waals surface area contributed by atoms with Crippen LogP contribution < -0.4 is 5.73 Å². The molecule has 0 bridgehead atoms. The third-order valence-corrected chi connectivity index (χ3v) is 3.83. The van der Waals surface area contributed by atoms with Gasteiger partial charge in [0.2, 0.25) is 5.54 Å². The summed E-state index contributed by atoms with van der Waals surface area (Å²) in [6, 6.07) is 0. The minimum Gasteiger partial charge on any atom is -0.480 e. The van der Waals surface area contributed by atoms with Gasteiger partial charge in [-0.15, -0.1) is 0 Å². The molecule has 0 saturated heterocycles. The fraction of sp³-hybridized carbons (Fsp3) is 0.909. The van der Waals surface area contributed by atoms with E-state index in [1.807, 2.05) is 6.92 Å². The predicted molar refractivity (Wildman–Crippen MR) is 56.3 cm³/mol. The van der Waals surface area contributed by atoms with Gasteiger partial charge in [-0.1, -0.05) is 26.2 Å². The molecule has 17 heavy (non-hydrogen) atoms. The van der Waals surface area contributed by atoms with Crippen LogP contribution in [0, 0.1) is 11.8 Å². The lowest BCUT2D eigenvalue weighted by atomic mass is 9.70. The summed E-state index contributed by atoms with van der Waals surface area (Å²) in [5.74, 6) is -2.83. The van der Waals surface area contributed by atoms with E-state index in [2.05, 4.69) is 0 Å². The Bertz CT molecular complexity index is 293. The molecular weight excluding hydrogens is 235 g/mol. The molecule has 3 N–H and O–H groups in total. The van der Waals surface area contributed by atoms with E-state index in [1.54, 1.807) is 0 Å². The van der Waals surface area contributed by atoms with E-state index in [0.29, 0.717) is 6.42 Å². The molecule has 3 atom stereocenters. The largest absolute Gasteiger partial charge is 0.480 e. The summed E-state index contributed by atoms with van der Waals surface area (Å²) >= 11 is 0. The fourth-order valence-electron chi connectivity index (χ4n) is 2.60. The second kappa shape index (κ2) is 4.84. The zero-order chi connectivity index (χ0) is 13.3.